The molecule has 0 aliphatic rings. The van der Waals surface area contributed by atoms with Gasteiger partial charge in [-0.15, -0.1) is 11.3 Å². The lowest BCUT2D eigenvalue weighted by atomic mass is 10.0. The molecule has 0 amide bonds. The Morgan fingerprint density at radius 2 is 2.25 bits per heavy atom. The molecule has 4 nitrogen and oxygen atoms in total. The number of aromatic nitrogens is 2. The molecule has 0 saturated heterocycles. The summed E-state index contributed by atoms with van der Waals surface area (Å²) >= 11 is 1.68. The lowest BCUT2D eigenvalue weighted by Crippen LogP contribution is -2.43. The monoisotopic (exact) mass is 295 g/mol. The maximum absolute atomic E-state index is 5.93. The van der Waals surface area contributed by atoms with Gasteiger partial charge in [0.15, 0.2) is 4.96 Å². The first kappa shape index (κ1) is 15.5. The van der Waals surface area contributed by atoms with E-state index in [1.807, 2.05) is 0 Å². The predicted octanol–water partition coefficient (Wildman–Crippen LogP) is 3.12. The molecule has 0 bridgehead atoms. The highest BCUT2D eigenvalue weighted by Crippen LogP contribution is 2.16. The van der Waals surface area contributed by atoms with E-state index in [1.165, 1.54) is 0 Å². The van der Waals surface area contributed by atoms with Gasteiger partial charge in [0.1, 0.15) is 0 Å². The molecule has 0 spiro atoms. The van der Waals surface area contributed by atoms with Gasteiger partial charge in [-0.1, -0.05) is 20.3 Å². The molecule has 2 unspecified atom stereocenters. The molecule has 2 aromatic rings. The molecule has 2 rings (SSSR count). The quantitative estimate of drug-likeness (QED) is 0.772. The normalized spacial score (nSPS) is 14.8. The maximum atomic E-state index is 5.93. The van der Waals surface area contributed by atoms with Crippen molar-refractivity contribution >= 4 is 16.3 Å². The number of hydrogen-bond donors (Lipinski definition) is 1. The van der Waals surface area contributed by atoms with Crippen LogP contribution in [0.3, 0.4) is 0 Å². The van der Waals surface area contributed by atoms with E-state index in [0.29, 0.717) is 6.04 Å². The van der Waals surface area contributed by atoms with Crippen LogP contribution in [0, 0.1) is 0 Å². The number of imidazole rings is 1. The van der Waals surface area contributed by atoms with Gasteiger partial charge in [0.2, 0.25) is 0 Å². The van der Waals surface area contributed by atoms with E-state index in [0.717, 1.165) is 43.1 Å². The SMILES string of the molecule is CCCC(OCC)C(Cc1cn2ccsc2n1)NCC. The largest absolute Gasteiger partial charge is 0.377 e. The summed E-state index contributed by atoms with van der Waals surface area (Å²) < 4.78 is 8.03. The molecule has 5 heteroatoms. The zero-order valence-corrected chi connectivity index (χ0v) is 13.4. The molecule has 0 radical (unpaired) electrons. The number of ether oxygens (including phenoxy) is 1. The molecular formula is C15H25N3OS. The topological polar surface area (TPSA) is 38.6 Å². The van der Waals surface area contributed by atoms with Crippen LogP contribution < -0.4 is 5.32 Å². The summed E-state index contributed by atoms with van der Waals surface area (Å²) in [6, 6.07) is 0.338. The van der Waals surface area contributed by atoms with Crippen molar-refractivity contribution in [2.24, 2.45) is 0 Å². The molecule has 2 atom stereocenters. The van der Waals surface area contributed by atoms with E-state index in [9.17, 15) is 0 Å². The van der Waals surface area contributed by atoms with E-state index >= 15 is 0 Å². The van der Waals surface area contributed by atoms with Crippen molar-refractivity contribution in [2.45, 2.75) is 52.2 Å². The van der Waals surface area contributed by atoms with E-state index in [-0.39, 0.29) is 6.10 Å². The van der Waals surface area contributed by atoms with Crippen LogP contribution in [-0.4, -0.2) is 34.7 Å². The first-order valence-electron chi connectivity index (χ1n) is 7.54. The molecule has 0 fully saturated rings. The van der Waals surface area contributed by atoms with Gasteiger partial charge in [0.25, 0.3) is 0 Å². The minimum absolute atomic E-state index is 0.268. The van der Waals surface area contributed by atoms with Gasteiger partial charge < -0.3 is 10.1 Å². The van der Waals surface area contributed by atoms with Gasteiger partial charge in [0.05, 0.1) is 11.8 Å². The Balaban J connectivity index is 2.08. The van der Waals surface area contributed by atoms with Gasteiger partial charge in [-0.05, 0) is 19.9 Å². The summed E-state index contributed by atoms with van der Waals surface area (Å²) in [7, 11) is 0. The Morgan fingerprint density at radius 1 is 1.40 bits per heavy atom. The van der Waals surface area contributed by atoms with Crippen molar-refractivity contribution in [3.05, 3.63) is 23.5 Å². The number of rotatable bonds is 9. The van der Waals surface area contributed by atoms with Crippen LogP contribution in [0.15, 0.2) is 17.8 Å². The summed E-state index contributed by atoms with van der Waals surface area (Å²) in [6.45, 7) is 8.15. The highest BCUT2D eigenvalue weighted by atomic mass is 32.1. The molecular weight excluding hydrogens is 270 g/mol. The summed E-state index contributed by atoms with van der Waals surface area (Å²) in [5.41, 5.74) is 1.14. The zero-order chi connectivity index (χ0) is 14.4. The third kappa shape index (κ3) is 3.81. The lowest BCUT2D eigenvalue weighted by Gasteiger charge is -2.27. The maximum Gasteiger partial charge on any atom is 0.193 e. The molecule has 0 saturated carbocycles. The number of fused-ring (bicyclic) bond motifs is 1. The van der Waals surface area contributed by atoms with E-state index in [1.54, 1.807) is 11.3 Å². The molecule has 20 heavy (non-hydrogen) atoms. The van der Waals surface area contributed by atoms with Crippen LogP contribution in [0.25, 0.3) is 4.96 Å². The average Bonchev–Trinajstić information content (AvgIpc) is 2.99. The fourth-order valence-electron chi connectivity index (χ4n) is 2.60. The number of nitrogens with zero attached hydrogens (tertiary/aromatic N) is 2. The van der Waals surface area contributed by atoms with Crippen LogP contribution >= 0.6 is 11.3 Å². The van der Waals surface area contributed by atoms with Gasteiger partial charge in [-0.25, -0.2) is 4.98 Å². The third-order valence-corrected chi connectivity index (χ3v) is 4.21. The summed E-state index contributed by atoms with van der Waals surface area (Å²) in [6.07, 6.45) is 7.62. The minimum atomic E-state index is 0.268. The number of hydrogen-bond acceptors (Lipinski definition) is 4. The van der Waals surface area contributed by atoms with Gasteiger partial charge in [-0.3, -0.25) is 4.40 Å². The molecule has 0 aliphatic carbocycles. The van der Waals surface area contributed by atoms with E-state index < -0.39 is 0 Å². The Kier molecular flexibility index (Phi) is 6.01. The predicted molar refractivity (Wildman–Crippen MR) is 84.6 cm³/mol. The Labute approximate surface area is 125 Å². The van der Waals surface area contributed by atoms with Gasteiger partial charge >= 0.3 is 0 Å². The van der Waals surface area contributed by atoms with E-state index in [2.05, 4.69) is 53.2 Å². The van der Waals surface area contributed by atoms with Gasteiger partial charge in [-0.2, -0.15) is 0 Å². The van der Waals surface area contributed by atoms with Crippen molar-refractivity contribution in [1.82, 2.24) is 14.7 Å². The highest BCUT2D eigenvalue weighted by Gasteiger charge is 2.22. The second kappa shape index (κ2) is 7.76. The minimum Gasteiger partial charge on any atom is -0.377 e. The summed E-state index contributed by atoms with van der Waals surface area (Å²) in [5, 5.41) is 5.63. The van der Waals surface area contributed by atoms with Crippen LogP contribution in [0.4, 0.5) is 0 Å². The number of likely N-dealkylation sites (N-methyl/N-ethyl adjacent to an activating group) is 1. The Morgan fingerprint density at radius 3 is 2.90 bits per heavy atom. The van der Waals surface area contributed by atoms with Crippen molar-refractivity contribution in [2.75, 3.05) is 13.2 Å². The fourth-order valence-corrected chi connectivity index (χ4v) is 3.32. The first-order valence-corrected chi connectivity index (χ1v) is 8.42. The highest BCUT2D eigenvalue weighted by molar-refractivity contribution is 7.15. The van der Waals surface area contributed by atoms with Gasteiger partial charge in [0, 0.05) is 36.8 Å². The van der Waals surface area contributed by atoms with Crippen molar-refractivity contribution in [3.63, 3.8) is 0 Å². The Bertz CT molecular complexity index is 473. The molecule has 1 N–H and O–H groups in total. The molecule has 0 aliphatic heterocycles. The molecule has 0 aromatic carbocycles. The first-order chi connectivity index (χ1) is 9.78. The second-order valence-corrected chi connectivity index (χ2v) is 5.85. The van der Waals surface area contributed by atoms with Crippen molar-refractivity contribution < 1.29 is 4.74 Å². The second-order valence-electron chi connectivity index (χ2n) is 4.98. The molecule has 2 heterocycles. The van der Waals surface area contributed by atoms with Crippen LogP contribution in [0.5, 0.6) is 0 Å². The summed E-state index contributed by atoms with van der Waals surface area (Å²) in [5.74, 6) is 0. The van der Waals surface area contributed by atoms with E-state index in [4.69, 9.17) is 4.74 Å². The standard InChI is InChI=1S/C15H25N3OS/c1-4-7-14(19-6-3)13(16-5-2)10-12-11-18-8-9-20-15(18)17-12/h8-9,11,13-14,16H,4-7,10H2,1-3H3. The van der Waals surface area contributed by atoms with Crippen LogP contribution in [0.2, 0.25) is 0 Å². The molecule has 112 valence electrons. The summed E-state index contributed by atoms with van der Waals surface area (Å²) in [4.78, 5) is 5.75. The lowest BCUT2D eigenvalue weighted by molar-refractivity contribution is 0.0283. The fraction of sp³-hybridized carbons (Fsp3) is 0.667. The van der Waals surface area contributed by atoms with Crippen molar-refractivity contribution in [3.8, 4) is 0 Å². The smallest absolute Gasteiger partial charge is 0.193 e. The van der Waals surface area contributed by atoms with Crippen LogP contribution in [0.1, 0.15) is 39.3 Å². The van der Waals surface area contributed by atoms with Crippen LogP contribution in [-0.2, 0) is 11.2 Å². The zero-order valence-electron chi connectivity index (χ0n) is 12.6. The number of thiazole rings is 1. The molecule has 2 aromatic heterocycles. The third-order valence-electron chi connectivity index (χ3n) is 3.44. The average molecular weight is 295 g/mol. The number of nitrogens with one attached hydrogen (secondary N) is 1. The van der Waals surface area contributed by atoms with Crippen molar-refractivity contribution in [1.29, 1.82) is 0 Å². The Hall–Kier alpha value is -0.910.